The second-order valence-electron chi connectivity index (χ2n) is 4.42. The third kappa shape index (κ3) is 3.48. The summed E-state index contributed by atoms with van der Waals surface area (Å²) in [5.74, 6) is 0. The molecule has 0 saturated carbocycles. The minimum absolute atomic E-state index is 0.0473. The van der Waals surface area contributed by atoms with E-state index in [1.807, 2.05) is 31.2 Å². The van der Waals surface area contributed by atoms with Gasteiger partial charge in [-0.05, 0) is 36.8 Å². The van der Waals surface area contributed by atoms with Crippen LogP contribution in [0.25, 0.3) is 0 Å². The highest BCUT2D eigenvalue weighted by molar-refractivity contribution is 9.10. The van der Waals surface area contributed by atoms with Gasteiger partial charge in [0.1, 0.15) is 0 Å². The molecule has 20 heavy (non-hydrogen) atoms. The zero-order valence-electron chi connectivity index (χ0n) is 11.1. The van der Waals surface area contributed by atoms with Crippen molar-refractivity contribution < 1.29 is 4.92 Å². The Balaban J connectivity index is 2.37. The van der Waals surface area contributed by atoms with Crippen LogP contribution in [-0.4, -0.2) is 12.0 Å². The van der Waals surface area contributed by atoms with Gasteiger partial charge in [0.2, 0.25) is 0 Å². The lowest BCUT2D eigenvalue weighted by atomic mass is 10.2. The standard InChI is InChI=1S/C14H14BrN3O2/c1-9-3-10(15)5-12(4-9)17-13-6-11(16-2)7-14(8-13)18(19)20/h3-8,16-17H,1-2H3. The first kappa shape index (κ1) is 14.3. The van der Waals surface area contributed by atoms with E-state index in [-0.39, 0.29) is 5.69 Å². The molecule has 2 N–H and O–H groups in total. The van der Waals surface area contributed by atoms with Gasteiger partial charge in [0, 0.05) is 40.7 Å². The van der Waals surface area contributed by atoms with Crippen LogP contribution in [0.2, 0.25) is 0 Å². The molecule has 0 atom stereocenters. The predicted octanol–water partition coefficient (Wildman–Crippen LogP) is 4.45. The Labute approximate surface area is 125 Å². The summed E-state index contributed by atoms with van der Waals surface area (Å²) in [6.07, 6.45) is 0. The zero-order valence-corrected chi connectivity index (χ0v) is 12.7. The Kier molecular flexibility index (Phi) is 4.24. The van der Waals surface area contributed by atoms with Gasteiger partial charge < -0.3 is 10.6 Å². The Morgan fingerprint density at radius 2 is 1.70 bits per heavy atom. The molecule has 0 amide bonds. The predicted molar refractivity (Wildman–Crippen MR) is 84.8 cm³/mol. The van der Waals surface area contributed by atoms with Crippen molar-refractivity contribution in [3.05, 3.63) is 56.5 Å². The minimum Gasteiger partial charge on any atom is -0.388 e. The molecule has 0 heterocycles. The van der Waals surface area contributed by atoms with Gasteiger partial charge in [-0.1, -0.05) is 15.9 Å². The number of hydrogen-bond donors (Lipinski definition) is 2. The number of nitrogens with zero attached hydrogens (tertiary/aromatic N) is 1. The second-order valence-corrected chi connectivity index (χ2v) is 5.33. The summed E-state index contributed by atoms with van der Waals surface area (Å²) in [7, 11) is 1.73. The van der Waals surface area contributed by atoms with E-state index in [0.717, 1.165) is 15.7 Å². The molecule has 0 aliphatic heterocycles. The maximum absolute atomic E-state index is 10.9. The number of aryl methyl sites for hydroxylation is 1. The van der Waals surface area contributed by atoms with Crippen LogP contribution >= 0.6 is 15.9 Å². The van der Waals surface area contributed by atoms with Crippen LogP contribution in [-0.2, 0) is 0 Å². The summed E-state index contributed by atoms with van der Waals surface area (Å²) in [6, 6.07) is 10.7. The molecule has 0 aliphatic carbocycles. The molecular weight excluding hydrogens is 322 g/mol. The number of hydrogen-bond acceptors (Lipinski definition) is 4. The molecule has 2 rings (SSSR count). The molecule has 104 valence electrons. The Bertz CT molecular complexity index is 639. The molecule has 0 fully saturated rings. The lowest BCUT2D eigenvalue weighted by Crippen LogP contribution is -1.97. The average molecular weight is 336 g/mol. The summed E-state index contributed by atoms with van der Waals surface area (Å²) in [5, 5.41) is 17.0. The molecule has 6 heteroatoms. The first-order valence-electron chi connectivity index (χ1n) is 5.99. The van der Waals surface area contributed by atoms with E-state index < -0.39 is 4.92 Å². The van der Waals surface area contributed by atoms with Gasteiger partial charge in [-0.25, -0.2) is 0 Å². The van der Waals surface area contributed by atoms with Crippen LogP contribution in [0.1, 0.15) is 5.56 Å². The number of nitrogens with one attached hydrogen (secondary N) is 2. The number of benzene rings is 2. The first-order chi connectivity index (χ1) is 9.47. The maximum Gasteiger partial charge on any atom is 0.273 e. The molecule has 2 aromatic rings. The van der Waals surface area contributed by atoms with Crippen molar-refractivity contribution in [3.8, 4) is 0 Å². The highest BCUT2D eigenvalue weighted by Crippen LogP contribution is 2.28. The third-order valence-electron chi connectivity index (χ3n) is 2.75. The SMILES string of the molecule is CNc1cc(Nc2cc(C)cc(Br)c2)cc([N+](=O)[O-])c1. The van der Waals surface area contributed by atoms with Gasteiger partial charge in [0.05, 0.1) is 4.92 Å². The number of nitro benzene ring substituents is 1. The van der Waals surface area contributed by atoms with Crippen molar-refractivity contribution in [1.29, 1.82) is 0 Å². The van der Waals surface area contributed by atoms with Crippen LogP contribution in [0.15, 0.2) is 40.9 Å². The quantitative estimate of drug-likeness (QED) is 0.639. The number of halogens is 1. The zero-order chi connectivity index (χ0) is 14.7. The van der Waals surface area contributed by atoms with Crippen molar-refractivity contribution >= 4 is 38.7 Å². The van der Waals surface area contributed by atoms with Crippen LogP contribution < -0.4 is 10.6 Å². The van der Waals surface area contributed by atoms with E-state index in [4.69, 9.17) is 0 Å². The van der Waals surface area contributed by atoms with Crippen molar-refractivity contribution in [2.75, 3.05) is 17.7 Å². The number of rotatable bonds is 4. The molecule has 0 spiro atoms. The first-order valence-corrected chi connectivity index (χ1v) is 6.78. The minimum atomic E-state index is -0.405. The number of non-ortho nitro benzene ring substituents is 1. The highest BCUT2D eigenvalue weighted by atomic mass is 79.9. The highest BCUT2D eigenvalue weighted by Gasteiger charge is 2.09. The number of nitro groups is 1. The molecular formula is C14H14BrN3O2. The van der Waals surface area contributed by atoms with Crippen LogP contribution in [0.5, 0.6) is 0 Å². The van der Waals surface area contributed by atoms with Crippen LogP contribution in [0.3, 0.4) is 0 Å². The van der Waals surface area contributed by atoms with Crippen molar-refractivity contribution in [1.82, 2.24) is 0 Å². The summed E-state index contributed by atoms with van der Waals surface area (Å²) in [6.45, 7) is 1.99. The fourth-order valence-corrected chi connectivity index (χ4v) is 2.52. The van der Waals surface area contributed by atoms with Crippen LogP contribution in [0, 0.1) is 17.0 Å². The Morgan fingerprint density at radius 3 is 2.30 bits per heavy atom. The lowest BCUT2D eigenvalue weighted by molar-refractivity contribution is -0.384. The van der Waals surface area contributed by atoms with Gasteiger partial charge in [0.25, 0.3) is 5.69 Å². The second kappa shape index (κ2) is 5.92. The van der Waals surface area contributed by atoms with E-state index in [0.29, 0.717) is 11.4 Å². The maximum atomic E-state index is 10.9. The van der Waals surface area contributed by atoms with Crippen LogP contribution in [0.4, 0.5) is 22.7 Å². The normalized spacial score (nSPS) is 10.2. The van der Waals surface area contributed by atoms with Crippen molar-refractivity contribution in [2.45, 2.75) is 6.92 Å². The molecule has 5 nitrogen and oxygen atoms in total. The van der Waals surface area contributed by atoms with Gasteiger partial charge in [-0.2, -0.15) is 0 Å². The average Bonchev–Trinajstić information content (AvgIpc) is 2.36. The molecule has 0 saturated heterocycles. The van der Waals surface area contributed by atoms with Gasteiger partial charge in [-0.3, -0.25) is 10.1 Å². The summed E-state index contributed by atoms with van der Waals surface area (Å²) >= 11 is 3.43. The fraction of sp³-hybridized carbons (Fsp3) is 0.143. The molecule has 0 aromatic heterocycles. The van der Waals surface area contributed by atoms with E-state index in [9.17, 15) is 10.1 Å². The number of anilines is 3. The topological polar surface area (TPSA) is 67.2 Å². The fourth-order valence-electron chi connectivity index (χ4n) is 1.91. The van der Waals surface area contributed by atoms with E-state index >= 15 is 0 Å². The summed E-state index contributed by atoms with van der Waals surface area (Å²) in [4.78, 5) is 10.5. The third-order valence-corrected chi connectivity index (χ3v) is 3.21. The van der Waals surface area contributed by atoms with Gasteiger partial charge in [0.15, 0.2) is 0 Å². The van der Waals surface area contributed by atoms with Gasteiger partial charge >= 0.3 is 0 Å². The molecule has 2 aromatic carbocycles. The van der Waals surface area contributed by atoms with Crippen molar-refractivity contribution in [3.63, 3.8) is 0 Å². The molecule has 0 aliphatic rings. The van der Waals surface area contributed by atoms with E-state index in [1.165, 1.54) is 12.1 Å². The summed E-state index contributed by atoms with van der Waals surface area (Å²) < 4.78 is 0.958. The van der Waals surface area contributed by atoms with E-state index in [2.05, 4.69) is 26.6 Å². The monoisotopic (exact) mass is 335 g/mol. The molecule has 0 unspecified atom stereocenters. The van der Waals surface area contributed by atoms with Gasteiger partial charge in [-0.15, -0.1) is 0 Å². The van der Waals surface area contributed by atoms with Crippen molar-refractivity contribution in [2.24, 2.45) is 0 Å². The Morgan fingerprint density at radius 1 is 1.05 bits per heavy atom. The lowest BCUT2D eigenvalue weighted by Gasteiger charge is -2.10. The summed E-state index contributed by atoms with van der Waals surface area (Å²) in [5.41, 5.74) is 3.38. The largest absolute Gasteiger partial charge is 0.388 e. The smallest absolute Gasteiger partial charge is 0.273 e. The molecule has 0 bridgehead atoms. The Hall–Kier alpha value is -2.08. The molecule has 0 radical (unpaired) electrons. The van der Waals surface area contributed by atoms with E-state index in [1.54, 1.807) is 7.05 Å².